The predicted octanol–water partition coefficient (Wildman–Crippen LogP) is 1.56. The molecule has 0 aliphatic carbocycles. The molecule has 124 valence electrons. The summed E-state index contributed by atoms with van der Waals surface area (Å²) in [5.41, 5.74) is 5.84. The maximum atomic E-state index is 11.9. The molecule has 3 N–H and O–H groups in total. The van der Waals surface area contributed by atoms with Crippen molar-refractivity contribution in [1.82, 2.24) is 16.2 Å². The van der Waals surface area contributed by atoms with Crippen LogP contribution in [0.25, 0.3) is 0 Å². The van der Waals surface area contributed by atoms with Crippen molar-refractivity contribution < 1.29 is 14.4 Å². The molecule has 1 aliphatic heterocycles. The summed E-state index contributed by atoms with van der Waals surface area (Å²) < 4.78 is 0. The number of carbonyl (C=O) groups excluding carboxylic acids is 3. The number of unbranched alkanes of at least 4 members (excludes halogenated alkanes) is 1. The number of anilines is 1. The fraction of sp³-hybridized carbons (Fsp3) is 0.438. The average molecular weight is 318 g/mol. The van der Waals surface area contributed by atoms with Crippen LogP contribution in [-0.4, -0.2) is 30.9 Å². The fourth-order valence-electron chi connectivity index (χ4n) is 2.32. The van der Waals surface area contributed by atoms with Gasteiger partial charge in [-0.25, -0.2) is 10.2 Å². The van der Waals surface area contributed by atoms with Crippen LogP contribution in [0.2, 0.25) is 0 Å². The van der Waals surface area contributed by atoms with Gasteiger partial charge in [-0.15, -0.1) is 0 Å². The molecule has 23 heavy (non-hydrogen) atoms. The zero-order valence-electron chi connectivity index (χ0n) is 13.2. The Kier molecular flexibility index (Phi) is 5.96. The lowest BCUT2D eigenvalue weighted by atomic mass is 10.2. The number of nitrogens with zero attached hydrogens (tertiary/aromatic N) is 1. The fourth-order valence-corrected chi connectivity index (χ4v) is 2.32. The second-order valence-corrected chi connectivity index (χ2v) is 5.38. The van der Waals surface area contributed by atoms with Gasteiger partial charge in [-0.3, -0.25) is 15.0 Å². The van der Waals surface area contributed by atoms with E-state index in [-0.39, 0.29) is 5.91 Å². The monoisotopic (exact) mass is 318 g/mol. The summed E-state index contributed by atoms with van der Waals surface area (Å²) in [5.74, 6) is -0.303. The van der Waals surface area contributed by atoms with Gasteiger partial charge in [-0.05, 0) is 37.1 Å². The Balaban J connectivity index is 1.83. The first-order valence-electron chi connectivity index (χ1n) is 7.86. The SMILES string of the molecule is CCCCNC(=O)NNC(=O)c1ccc(N2CCCC2=O)cc1. The minimum Gasteiger partial charge on any atom is -0.337 e. The van der Waals surface area contributed by atoms with Gasteiger partial charge in [0.25, 0.3) is 5.91 Å². The molecule has 1 fully saturated rings. The van der Waals surface area contributed by atoms with E-state index in [2.05, 4.69) is 16.2 Å². The summed E-state index contributed by atoms with van der Waals surface area (Å²) in [7, 11) is 0. The first kappa shape index (κ1) is 16.8. The van der Waals surface area contributed by atoms with Crippen LogP contribution in [0.1, 0.15) is 43.0 Å². The molecule has 4 amide bonds. The summed E-state index contributed by atoms with van der Waals surface area (Å²) in [6.45, 7) is 3.31. The van der Waals surface area contributed by atoms with Crippen LogP contribution < -0.4 is 21.1 Å². The molecule has 0 radical (unpaired) electrons. The van der Waals surface area contributed by atoms with Crippen molar-refractivity contribution in [2.45, 2.75) is 32.6 Å². The molecule has 7 heteroatoms. The molecule has 0 unspecified atom stereocenters. The summed E-state index contributed by atoms with van der Waals surface area (Å²) in [5, 5.41) is 2.63. The first-order valence-corrected chi connectivity index (χ1v) is 7.86. The summed E-state index contributed by atoms with van der Waals surface area (Å²) in [6.07, 6.45) is 3.30. The smallest absolute Gasteiger partial charge is 0.333 e. The van der Waals surface area contributed by atoms with Crippen LogP contribution in [0.4, 0.5) is 10.5 Å². The third-order valence-corrected chi connectivity index (χ3v) is 3.62. The van der Waals surface area contributed by atoms with Gasteiger partial charge in [0, 0.05) is 30.8 Å². The second-order valence-electron chi connectivity index (χ2n) is 5.38. The Morgan fingerprint density at radius 3 is 2.52 bits per heavy atom. The molecule has 1 aliphatic rings. The normalized spacial score (nSPS) is 13.8. The molecule has 0 aromatic heterocycles. The van der Waals surface area contributed by atoms with E-state index >= 15 is 0 Å². The van der Waals surface area contributed by atoms with Crippen molar-refractivity contribution in [3.63, 3.8) is 0 Å². The standard InChI is InChI=1S/C16H22N4O3/c1-2-3-10-17-16(23)19-18-15(22)12-6-8-13(9-7-12)20-11-4-5-14(20)21/h6-9H,2-5,10-11H2,1H3,(H,18,22)(H2,17,19,23). The van der Waals surface area contributed by atoms with Gasteiger partial charge in [0.05, 0.1) is 0 Å². The van der Waals surface area contributed by atoms with Gasteiger partial charge in [0.1, 0.15) is 0 Å². The molecule has 1 aromatic carbocycles. The summed E-state index contributed by atoms with van der Waals surface area (Å²) >= 11 is 0. The molecule has 0 bridgehead atoms. The Hall–Kier alpha value is -2.57. The third kappa shape index (κ3) is 4.70. The molecule has 1 saturated heterocycles. The quantitative estimate of drug-likeness (QED) is 0.568. The van der Waals surface area contributed by atoms with E-state index in [1.54, 1.807) is 29.2 Å². The molecule has 0 saturated carbocycles. The van der Waals surface area contributed by atoms with Gasteiger partial charge in [-0.1, -0.05) is 13.3 Å². The van der Waals surface area contributed by atoms with Crippen molar-refractivity contribution in [3.05, 3.63) is 29.8 Å². The number of rotatable bonds is 5. The van der Waals surface area contributed by atoms with Crippen molar-refractivity contribution in [2.75, 3.05) is 18.0 Å². The Morgan fingerprint density at radius 1 is 1.17 bits per heavy atom. The molecule has 1 aromatic rings. The summed E-state index contributed by atoms with van der Waals surface area (Å²) in [4.78, 5) is 36.8. The number of amides is 4. The highest BCUT2D eigenvalue weighted by Gasteiger charge is 2.21. The molecular formula is C16H22N4O3. The number of carbonyl (C=O) groups is 3. The predicted molar refractivity (Wildman–Crippen MR) is 86.9 cm³/mol. The first-order chi connectivity index (χ1) is 11.1. The number of urea groups is 1. The van der Waals surface area contributed by atoms with Crippen LogP contribution in [0.15, 0.2) is 24.3 Å². The highest BCUT2D eigenvalue weighted by Crippen LogP contribution is 2.21. The molecule has 2 rings (SSSR count). The van der Waals surface area contributed by atoms with Gasteiger partial charge in [-0.2, -0.15) is 0 Å². The lowest BCUT2D eigenvalue weighted by molar-refractivity contribution is -0.117. The van der Waals surface area contributed by atoms with E-state index in [1.807, 2.05) is 6.92 Å². The number of benzene rings is 1. The number of hydrazine groups is 1. The number of hydrogen-bond donors (Lipinski definition) is 3. The van der Waals surface area contributed by atoms with E-state index in [1.165, 1.54) is 0 Å². The lowest BCUT2D eigenvalue weighted by Crippen LogP contribution is -2.47. The van der Waals surface area contributed by atoms with Gasteiger partial charge in [0.15, 0.2) is 0 Å². The van der Waals surface area contributed by atoms with Crippen LogP contribution >= 0.6 is 0 Å². The third-order valence-electron chi connectivity index (χ3n) is 3.62. The zero-order chi connectivity index (χ0) is 16.7. The molecular weight excluding hydrogens is 296 g/mol. The minimum atomic E-state index is -0.439. The van der Waals surface area contributed by atoms with Crippen LogP contribution in [0, 0.1) is 0 Å². The van der Waals surface area contributed by atoms with E-state index < -0.39 is 11.9 Å². The lowest BCUT2D eigenvalue weighted by Gasteiger charge is -2.16. The summed E-state index contributed by atoms with van der Waals surface area (Å²) in [6, 6.07) is 6.30. The van der Waals surface area contributed by atoms with Crippen LogP contribution in [0.3, 0.4) is 0 Å². The van der Waals surface area contributed by atoms with E-state index in [9.17, 15) is 14.4 Å². The minimum absolute atomic E-state index is 0.104. The Bertz CT molecular complexity index is 571. The van der Waals surface area contributed by atoms with Crippen LogP contribution in [-0.2, 0) is 4.79 Å². The average Bonchev–Trinajstić information content (AvgIpc) is 2.99. The van der Waals surface area contributed by atoms with Crippen molar-refractivity contribution >= 4 is 23.5 Å². The van der Waals surface area contributed by atoms with E-state index in [4.69, 9.17) is 0 Å². The van der Waals surface area contributed by atoms with E-state index in [0.29, 0.717) is 25.1 Å². The topological polar surface area (TPSA) is 90.5 Å². The van der Waals surface area contributed by atoms with Crippen LogP contribution in [0.5, 0.6) is 0 Å². The number of hydrogen-bond acceptors (Lipinski definition) is 3. The molecule has 0 atom stereocenters. The highest BCUT2D eigenvalue weighted by atomic mass is 16.2. The largest absolute Gasteiger partial charge is 0.337 e. The van der Waals surface area contributed by atoms with Crippen molar-refractivity contribution in [1.29, 1.82) is 0 Å². The van der Waals surface area contributed by atoms with E-state index in [0.717, 1.165) is 24.9 Å². The zero-order valence-corrected chi connectivity index (χ0v) is 13.2. The number of nitrogens with one attached hydrogen (secondary N) is 3. The maximum absolute atomic E-state index is 11.9. The van der Waals surface area contributed by atoms with Crippen molar-refractivity contribution in [3.8, 4) is 0 Å². The van der Waals surface area contributed by atoms with Gasteiger partial charge >= 0.3 is 6.03 Å². The molecule has 0 spiro atoms. The van der Waals surface area contributed by atoms with Crippen molar-refractivity contribution in [2.24, 2.45) is 0 Å². The van der Waals surface area contributed by atoms with Gasteiger partial charge in [0.2, 0.25) is 5.91 Å². The Labute approximate surface area is 135 Å². The van der Waals surface area contributed by atoms with Gasteiger partial charge < -0.3 is 10.2 Å². The Morgan fingerprint density at radius 2 is 1.91 bits per heavy atom. The molecule has 7 nitrogen and oxygen atoms in total. The highest BCUT2D eigenvalue weighted by molar-refractivity contribution is 5.98. The maximum Gasteiger partial charge on any atom is 0.333 e. The molecule has 1 heterocycles. The second kappa shape index (κ2) is 8.17.